The summed E-state index contributed by atoms with van der Waals surface area (Å²) in [5.41, 5.74) is 0.802. The fourth-order valence-electron chi connectivity index (χ4n) is 2.45. The Labute approximate surface area is 142 Å². The van der Waals surface area contributed by atoms with E-state index in [9.17, 15) is 18.0 Å². The Morgan fingerprint density at radius 3 is 2.54 bits per heavy atom. The molecule has 0 saturated carbocycles. The lowest BCUT2D eigenvalue weighted by Crippen LogP contribution is -2.36. The predicted molar refractivity (Wildman–Crippen MR) is 87.5 cm³/mol. The summed E-state index contributed by atoms with van der Waals surface area (Å²) >= 11 is 0. The molecule has 1 aliphatic rings. The van der Waals surface area contributed by atoms with Crippen molar-refractivity contribution in [1.82, 2.24) is 4.90 Å². The standard InChI is InChI=1S/C16H21NO6S/c1-16(2,3)23-15(19)17-8-11-7-10(5-6-12(11)14(17)18)13(9-22-4)24(20)21/h5-7,13,24H,8-9H2,1-4H3. The minimum absolute atomic E-state index is 0.0290. The molecule has 0 radical (unpaired) electrons. The van der Waals surface area contributed by atoms with Crippen molar-refractivity contribution >= 4 is 22.7 Å². The van der Waals surface area contributed by atoms with E-state index in [1.165, 1.54) is 7.11 Å². The van der Waals surface area contributed by atoms with Gasteiger partial charge in [-0.2, -0.15) is 0 Å². The third kappa shape index (κ3) is 3.93. The van der Waals surface area contributed by atoms with Crippen molar-refractivity contribution in [2.24, 2.45) is 0 Å². The first kappa shape index (κ1) is 18.4. The zero-order chi connectivity index (χ0) is 18.1. The summed E-state index contributed by atoms with van der Waals surface area (Å²) in [7, 11) is -1.30. The first-order valence-electron chi connectivity index (χ1n) is 7.44. The highest BCUT2D eigenvalue weighted by Crippen LogP contribution is 2.28. The van der Waals surface area contributed by atoms with Gasteiger partial charge in [0.15, 0.2) is 0 Å². The molecule has 0 aliphatic carbocycles. The molecule has 1 aliphatic heterocycles. The number of fused-ring (bicyclic) bond motifs is 1. The molecule has 24 heavy (non-hydrogen) atoms. The Hall–Kier alpha value is -1.93. The van der Waals surface area contributed by atoms with Crippen molar-refractivity contribution in [2.45, 2.75) is 38.2 Å². The lowest BCUT2D eigenvalue weighted by atomic mass is 10.0. The number of carbonyl (C=O) groups is 2. The van der Waals surface area contributed by atoms with Crippen LogP contribution in [0.15, 0.2) is 18.2 Å². The maximum atomic E-state index is 12.3. The van der Waals surface area contributed by atoms with Gasteiger partial charge < -0.3 is 9.47 Å². The Kier molecular flexibility index (Phi) is 5.29. The van der Waals surface area contributed by atoms with E-state index < -0.39 is 33.6 Å². The molecule has 7 nitrogen and oxygen atoms in total. The largest absolute Gasteiger partial charge is 0.443 e. The van der Waals surface area contributed by atoms with Gasteiger partial charge in [-0.3, -0.25) is 4.79 Å². The Morgan fingerprint density at radius 2 is 2.00 bits per heavy atom. The molecule has 0 fully saturated rings. The van der Waals surface area contributed by atoms with Gasteiger partial charge in [0.1, 0.15) is 21.6 Å². The number of carbonyl (C=O) groups excluding carboxylic acids is 2. The van der Waals surface area contributed by atoms with Crippen molar-refractivity contribution in [2.75, 3.05) is 13.7 Å². The highest BCUT2D eigenvalue weighted by atomic mass is 32.2. The Bertz CT molecular complexity index is 727. The molecule has 2 amide bonds. The van der Waals surface area contributed by atoms with E-state index in [1.807, 2.05) is 0 Å². The molecule has 2 rings (SSSR count). The second-order valence-corrected chi connectivity index (χ2v) is 7.74. The highest BCUT2D eigenvalue weighted by molar-refractivity contribution is 7.72. The fraction of sp³-hybridized carbons (Fsp3) is 0.500. The van der Waals surface area contributed by atoms with Gasteiger partial charge in [0, 0.05) is 12.7 Å². The zero-order valence-electron chi connectivity index (χ0n) is 14.1. The molecule has 8 heteroatoms. The predicted octanol–water partition coefficient (Wildman–Crippen LogP) is 1.88. The number of imide groups is 1. The van der Waals surface area contributed by atoms with Gasteiger partial charge >= 0.3 is 6.09 Å². The van der Waals surface area contributed by atoms with Crippen molar-refractivity contribution in [3.05, 3.63) is 34.9 Å². The summed E-state index contributed by atoms with van der Waals surface area (Å²) in [6, 6.07) is 4.75. The number of rotatable bonds is 4. The van der Waals surface area contributed by atoms with E-state index >= 15 is 0 Å². The molecule has 0 N–H and O–H groups in total. The molecule has 0 aromatic heterocycles. The van der Waals surface area contributed by atoms with E-state index in [4.69, 9.17) is 9.47 Å². The molecule has 132 valence electrons. The number of benzene rings is 1. The van der Waals surface area contributed by atoms with E-state index in [-0.39, 0.29) is 13.2 Å². The summed E-state index contributed by atoms with van der Waals surface area (Å²) in [6.07, 6.45) is -0.714. The minimum atomic E-state index is -2.72. The van der Waals surface area contributed by atoms with Crippen LogP contribution in [0.2, 0.25) is 0 Å². The Balaban J connectivity index is 2.27. The molecule has 1 aromatic carbocycles. The topological polar surface area (TPSA) is 90.0 Å². The number of hydrogen-bond acceptors (Lipinski definition) is 6. The van der Waals surface area contributed by atoms with Crippen LogP contribution in [0, 0.1) is 0 Å². The van der Waals surface area contributed by atoms with Crippen LogP contribution in [0.4, 0.5) is 4.79 Å². The molecule has 0 spiro atoms. The van der Waals surface area contributed by atoms with Gasteiger partial charge in [-0.25, -0.2) is 18.1 Å². The first-order valence-corrected chi connectivity index (χ1v) is 8.69. The second-order valence-electron chi connectivity index (χ2n) is 6.54. The minimum Gasteiger partial charge on any atom is -0.443 e. The average molecular weight is 355 g/mol. The molecule has 1 aromatic rings. The van der Waals surface area contributed by atoms with E-state index in [0.29, 0.717) is 16.7 Å². The fourth-order valence-corrected chi connectivity index (χ4v) is 3.12. The second kappa shape index (κ2) is 6.90. The lowest BCUT2D eigenvalue weighted by Gasteiger charge is -2.23. The number of ether oxygens (including phenoxy) is 2. The summed E-state index contributed by atoms with van der Waals surface area (Å²) in [4.78, 5) is 25.5. The first-order chi connectivity index (χ1) is 11.1. The zero-order valence-corrected chi connectivity index (χ0v) is 15.0. The van der Waals surface area contributed by atoms with Crippen molar-refractivity contribution in [1.29, 1.82) is 0 Å². The summed E-state index contributed by atoms with van der Waals surface area (Å²) in [5.74, 6) is -0.444. The number of methoxy groups -OCH3 is 1. The number of amides is 2. The van der Waals surface area contributed by atoms with Gasteiger partial charge in [-0.05, 0) is 38.0 Å². The maximum absolute atomic E-state index is 12.3. The van der Waals surface area contributed by atoms with Crippen LogP contribution in [-0.2, 0) is 26.7 Å². The summed E-state index contributed by atoms with van der Waals surface area (Å²) < 4.78 is 32.9. The maximum Gasteiger partial charge on any atom is 0.417 e. The van der Waals surface area contributed by atoms with Gasteiger partial charge in [-0.1, -0.05) is 12.1 Å². The van der Waals surface area contributed by atoms with Gasteiger partial charge in [-0.15, -0.1) is 0 Å². The third-order valence-electron chi connectivity index (χ3n) is 3.51. The van der Waals surface area contributed by atoms with Crippen LogP contribution in [0.1, 0.15) is 47.5 Å². The van der Waals surface area contributed by atoms with Gasteiger partial charge in [0.05, 0.1) is 13.2 Å². The highest BCUT2D eigenvalue weighted by Gasteiger charge is 2.35. The van der Waals surface area contributed by atoms with Crippen LogP contribution >= 0.6 is 0 Å². The lowest BCUT2D eigenvalue weighted by molar-refractivity contribution is 0.0248. The number of nitrogens with zero attached hydrogens (tertiary/aromatic N) is 1. The Morgan fingerprint density at radius 1 is 1.33 bits per heavy atom. The monoisotopic (exact) mass is 355 g/mol. The normalized spacial score (nSPS) is 15.5. The molecule has 1 unspecified atom stereocenters. The van der Waals surface area contributed by atoms with Crippen LogP contribution < -0.4 is 0 Å². The SMILES string of the molecule is COCC(c1ccc2c(c1)CN(C(=O)OC(C)(C)C)C2=O)[SH](=O)=O. The van der Waals surface area contributed by atoms with Crippen LogP contribution in [0.3, 0.4) is 0 Å². The smallest absolute Gasteiger partial charge is 0.417 e. The molecule has 1 heterocycles. The van der Waals surface area contributed by atoms with Crippen LogP contribution in [-0.4, -0.2) is 44.6 Å². The van der Waals surface area contributed by atoms with E-state index in [1.54, 1.807) is 39.0 Å². The summed E-state index contributed by atoms with van der Waals surface area (Å²) in [6.45, 7) is 5.25. The third-order valence-corrected chi connectivity index (χ3v) is 4.47. The molecular weight excluding hydrogens is 334 g/mol. The average Bonchev–Trinajstić information content (AvgIpc) is 2.79. The van der Waals surface area contributed by atoms with Crippen molar-refractivity contribution in [3.63, 3.8) is 0 Å². The molecular formula is C16H21NO6S. The van der Waals surface area contributed by atoms with Gasteiger partial charge in [0.25, 0.3) is 5.91 Å². The molecule has 0 bridgehead atoms. The van der Waals surface area contributed by atoms with E-state index in [0.717, 1.165) is 4.90 Å². The number of hydrogen-bond donors (Lipinski definition) is 1. The quantitative estimate of drug-likeness (QED) is 0.830. The van der Waals surface area contributed by atoms with Crippen molar-refractivity contribution in [3.8, 4) is 0 Å². The summed E-state index contributed by atoms with van der Waals surface area (Å²) in [5, 5.41) is -0.791. The van der Waals surface area contributed by atoms with Crippen LogP contribution in [0.25, 0.3) is 0 Å². The van der Waals surface area contributed by atoms with Crippen molar-refractivity contribution < 1.29 is 27.5 Å². The van der Waals surface area contributed by atoms with Gasteiger partial charge in [0.2, 0.25) is 0 Å². The van der Waals surface area contributed by atoms with Crippen LogP contribution in [0.5, 0.6) is 0 Å². The molecule has 0 saturated heterocycles. The number of thiol groups is 1. The van der Waals surface area contributed by atoms with E-state index in [2.05, 4.69) is 0 Å². The molecule has 1 atom stereocenters.